The Balaban J connectivity index is 1.72. The smallest absolute Gasteiger partial charge is 0.249 e. The number of nitrogens with zero attached hydrogens (tertiary/aromatic N) is 4. The molecule has 1 aliphatic rings. The van der Waals surface area contributed by atoms with Gasteiger partial charge in [0.05, 0.1) is 6.20 Å². The van der Waals surface area contributed by atoms with Gasteiger partial charge in [0.1, 0.15) is 0 Å². The first-order valence-corrected chi connectivity index (χ1v) is 8.05. The van der Waals surface area contributed by atoms with E-state index in [1.165, 1.54) is 25.7 Å². The summed E-state index contributed by atoms with van der Waals surface area (Å²) < 4.78 is 0. The zero-order valence-electron chi connectivity index (χ0n) is 13.3. The Morgan fingerprint density at radius 1 is 1.09 bits per heavy atom. The Labute approximate surface area is 136 Å². The average molecular weight is 311 g/mol. The third-order valence-corrected chi connectivity index (χ3v) is 4.02. The normalized spacial score (nSPS) is 15.1. The molecular weight excluding hydrogens is 290 g/mol. The number of hydrogen-bond donors (Lipinski definition) is 1. The Morgan fingerprint density at radius 2 is 1.78 bits per heavy atom. The first-order chi connectivity index (χ1) is 11.2. The van der Waals surface area contributed by atoms with Gasteiger partial charge in [-0.2, -0.15) is 10.1 Å². The van der Waals surface area contributed by atoms with E-state index in [-0.39, 0.29) is 5.78 Å². The van der Waals surface area contributed by atoms with E-state index in [1.54, 1.807) is 25.3 Å². The van der Waals surface area contributed by atoms with E-state index in [4.69, 9.17) is 0 Å². The van der Waals surface area contributed by atoms with Gasteiger partial charge in [0.25, 0.3) is 0 Å². The summed E-state index contributed by atoms with van der Waals surface area (Å²) in [4.78, 5) is 18.1. The highest BCUT2D eigenvalue weighted by Crippen LogP contribution is 2.19. The third-order valence-electron chi connectivity index (χ3n) is 4.02. The monoisotopic (exact) mass is 311 g/mol. The maximum Gasteiger partial charge on any atom is 0.249 e. The lowest BCUT2D eigenvalue weighted by molar-refractivity contribution is 0.101. The molecule has 0 saturated carbocycles. The number of carbonyl (C=O) groups is 1. The number of hydrogen-bond acceptors (Lipinski definition) is 6. The molecule has 2 heterocycles. The molecule has 1 aromatic carbocycles. The van der Waals surface area contributed by atoms with Crippen molar-refractivity contribution in [1.29, 1.82) is 0 Å². The van der Waals surface area contributed by atoms with Crippen molar-refractivity contribution < 1.29 is 4.79 Å². The zero-order chi connectivity index (χ0) is 16.1. The molecule has 0 aliphatic carbocycles. The molecule has 1 aromatic heterocycles. The second-order valence-electron chi connectivity index (χ2n) is 5.80. The van der Waals surface area contributed by atoms with Crippen LogP contribution in [0.2, 0.25) is 0 Å². The largest absolute Gasteiger partial charge is 0.355 e. The summed E-state index contributed by atoms with van der Waals surface area (Å²) >= 11 is 0. The lowest BCUT2D eigenvalue weighted by Crippen LogP contribution is -2.25. The molecule has 23 heavy (non-hydrogen) atoms. The summed E-state index contributed by atoms with van der Waals surface area (Å²) in [6.45, 7) is 3.59. The highest BCUT2D eigenvalue weighted by molar-refractivity contribution is 5.94. The van der Waals surface area contributed by atoms with Crippen LogP contribution in [-0.2, 0) is 0 Å². The second-order valence-corrected chi connectivity index (χ2v) is 5.80. The molecule has 1 saturated heterocycles. The molecule has 0 spiro atoms. The predicted octanol–water partition coefficient (Wildman–Crippen LogP) is 3.20. The average Bonchev–Trinajstić information content (AvgIpc) is 2.85. The number of aromatic nitrogens is 3. The molecule has 120 valence electrons. The number of benzene rings is 1. The Kier molecular flexibility index (Phi) is 4.80. The maximum atomic E-state index is 11.3. The predicted molar refractivity (Wildman–Crippen MR) is 90.2 cm³/mol. The van der Waals surface area contributed by atoms with Crippen molar-refractivity contribution in [2.75, 3.05) is 23.3 Å². The molecule has 0 atom stereocenters. The topological polar surface area (TPSA) is 71.0 Å². The van der Waals surface area contributed by atoms with Crippen LogP contribution in [-0.4, -0.2) is 34.1 Å². The minimum Gasteiger partial charge on any atom is -0.355 e. The molecule has 0 amide bonds. The Hall–Kier alpha value is -2.50. The quantitative estimate of drug-likeness (QED) is 0.874. The van der Waals surface area contributed by atoms with Crippen molar-refractivity contribution in [3.05, 3.63) is 36.0 Å². The third kappa shape index (κ3) is 4.03. The number of nitrogens with one attached hydrogen (secondary N) is 1. The molecular formula is C17H21N5O. The second kappa shape index (κ2) is 7.17. The van der Waals surface area contributed by atoms with E-state index in [0.717, 1.165) is 24.6 Å². The lowest BCUT2D eigenvalue weighted by atomic mass is 10.1. The molecule has 1 aliphatic heterocycles. The van der Waals surface area contributed by atoms with Crippen LogP contribution in [0.3, 0.4) is 0 Å². The lowest BCUT2D eigenvalue weighted by Gasteiger charge is -2.20. The van der Waals surface area contributed by atoms with Gasteiger partial charge in [-0.15, -0.1) is 5.10 Å². The van der Waals surface area contributed by atoms with Crippen molar-refractivity contribution >= 4 is 23.2 Å². The molecule has 6 nitrogen and oxygen atoms in total. The molecule has 2 aromatic rings. The van der Waals surface area contributed by atoms with Gasteiger partial charge in [-0.3, -0.25) is 4.79 Å². The van der Waals surface area contributed by atoms with Gasteiger partial charge in [0.2, 0.25) is 5.95 Å². The molecule has 3 rings (SSSR count). The van der Waals surface area contributed by atoms with Crippen LogP contribution >= 0.6 is 0 Å². The van der Waals surface area contributed by atoms with Crippen LogP contribution in [0.4, 0.5) is 17.5 Å². The number of Topliss-reactive ketones (excluding diaryl/α,β-unsaturated/α-hetero) is 1. The number of rotatable bonds is 4. The summed E-state index contributed by atoms with van der Waals surface area (Å²) in [7, 11) is 0. The van der Waals surface area contributed by atoms with Crippen LogP contribution < -0.4 is 10.2 Å². The molecule has 1 N–H and O–H groups in total. The molecule has 1 fully saturated rings. The Bertz CT molecular complexity index is 663. The number of carbonyl (C=O) groups excluding carboxylic acids is 1. The molecule has 6 heteroatoms. The summed E-state index contributed by atoms with van der Waals surface area (Å²) in [6, 6.07) is 7.27. The molecule has 0 bridgehead atoms. The van der Waals surface area contributed by atoms with E-state index >= 15 is 0 Å². The highest BCUT2D eigenvalue weighted by atomic mass is 16.1. The van der Waals surface area contributed by atoms with Crippen LogP contribution in [0.15, 0.2) is 30.5 Å². The minimum absolute atomic E-state index is 0.0534. The first kappa shape index (κ1) is 15.4. The van der Waals surface area contributed by atoms with Gasteiger partial charge < -0.3 is 10.2 Å². The molecule has 0 unspecified atom stereocenters. The number of ketones is 1. The van der Waals surface area contributed by atoms with E-state index in [9.17, 15) is 4.79 Å². The molecule has 0 radical (unpaired) electrons. The SMILES string of the molecule is CC(=O)c1ccc(Nc2nncc(N3CCCCCC3)n2)cc1. The first-order valence-electron chi connectivity index (χ1n) is 8.05. The number of anilines is 3. The summed E-state index contributed by atoms with van der Waals surface area (Å²) in [5, 5.41) is 11.2. The zero-order valence-corrected chi connectivity index (χ0v) is 13.3. The summed E-state index contributed by atoms with van der Waals surface area (Å²) in [5.74, 6) is 1.39. The van der Waals surface area contributed by atoms with Crippen molar-refractivity contribution in [3.63, 3.8) is 0 Å². The fourth-order valence-corrected chi connectivity index (χ4v) is 2.72. The van der Waals surface area contributed by atoms with Gasteiger partial charge in [-0.1, -0.05) is 12.8 Å². The van der Waals surface area contributed by atoms with Gasteiger partial charge in [-0.25, -0.2) is 0 Å². The van der Waals surface area contributed by atoms with E-state index in [2.05, 4.69) is 25.4 Å². The summed E-state index contributed by atoms with van der Waals surface area (Å²) in [6.07, 6.45) is 6.67. The standard InChI is InChI=1S/C17H21N5O/c1-13(23)14-6-8-15(9-7-14)19-17-20-16(12-18-21-17)22-10-4-2-3-5-11-22/h6-9,12H,2-5,10-11H2,1H3,(H,19,20,21). The fourth-order valence-electron chi connectivity index (χ4n) is 2.72. The van der Waals surface area contributed by atoms with Crippen molar-refractivity contribution in [1.82, 2.24) is 15.2 Å². The Morgan fingerprint density at radius 3 is 2.43 bits per heavy atom. The van der Waals surface area contributed by atoms with Gasteiger partial charge in [0, 0.05) is 24.3 Å². The van der Waals surface area contributed by atoms with Crippen molar-refractivity contribution in [2.45, 2.75) is 32.6 Å². The van der Waals surface area contributed by atoms with E-state index in [0.29, 0.717) is 11.5 Å². The van der Waals surface area contributed by atoms with Gasteiger partial charge in [-0.05, 0) is 44.0 Å². The summed E-state index contributed by atoms with van der Waals surface area (Å²) in [5.41, 5.74) is 1.53. The van der Waals surface area contributed by atoms with E-state index in [1.807, 2.05) is 12.1 Å². The van der Waals surface area contributed by atoms with Crippen LogP contribution in [0.1, 0.15) is 43.0 Å². The van der Waals surface area contributed by atoms with E-state index < -0.39 is 0 Å². The van der Waals surface area contributed by atoms with Crippen molar-refractivity contribution in [2.24, 2.45) is 0 Å². The van der Waals surface area contributed by atoms with Crippen LogP contribution in [0.25, 0.3) is 0 Å². The maximum absolute atomic E-state index is 11.3. The van der Waals surface area contributed by atoms with Crippen LogP contribution in [0, 0.1) is 0 Å². The van der Waals surface area contributed by atoms with Crippen molar-refractivity contribution in [3.8, 4) is 0 Å². The minimum atomic E-state index is 0.0534. The van der Waals surface area contributed by atoms with Gasteiger partial charge in [0.15, 0.2) is 11.6 Å². The fraction of sp³-hybridized carbons (Fsp3) is 0.412. The highest BCUT2D eigenvalue weighted by Gasteiger charge is 2.12. The van der Waals surface area contributed by atoms with Crippen LogP contribution in [0.5, 0.6) is 0 Å². The van der Waals surface area contributed by atoms with Gasteiger partial charge >= 0.3 is 0 Å².